The van der Waals surface area contributed by atoms with Crippen molar-refractivity contribution in [2.24, 2.45) is 0 Å². The first kappa shape index (κ1) is 9.72. The van der Waals surface area contributed by atoms with Crippen molar-refractivity contribution in [1.82, 2.24) is 0 Å². The lowest BCUT2D eigenvalue weighted by atomic mass is 9.96. The molecule has 2 aromatic rings. The van der Waals surface area contributed by atoms with Crippen molar-refractivity contribution in [3.63, 3.8) is 0 Å². The van der Waals surface area contributed by atoms with E-state index < -0.39 is 0 Å². The molecular weight excluding hydrogens is 188 g/mol. The Balaban J connectivity index is 2.42. The second-order valence-corrected chi connectivity index (χ2v) is 4.79. The predicted molar refractivity (Wildman–Crippen MR) is 65.1 cm³/mol. The summed E-state index contributed by atoms with van der Waals surface area (Å²) in [4.78, 5) is 0. The Hall–Kier alpha value is -0.820. The van der Waals surface area contributed by atoms with Crippen molar-refractivity contribution in [3.8, 4) is 0 Å². The maximum Gasteiger partial charge on any atom is 0.0345 e. The van der Waals surface area contributed by atoms with E-state index in [9.17, 15) is 0 Å². The molecule has 0 nitrogen and oxygen atoms in total. The minimum Gasteiger partial charge on any atom is -0.144 e. The molecule has 0 aliphatic heterocycles. The highest BCUT2D eigenvalue weighted by atomic mass is 32.1. The van der Waals surface area contributed by atoms with Crippen molar-refractivity contribution in [1.29, 1.82) is 0 Å². The summed E-state index contributed by atoms with van der Waals surface area (Å²) in [7, 11) is 0. The molecule has 0 aliphatic rings. The fraction of sp³-hybridized carbons (Fsp3) is 0.385. The second kappa shape index (κ2) is 4.14. The molecule has 0 aliphatic carbocycles. The van der Waals surface area contributed by atoms with Gasteiger partial charge in [-0.2, -0.15) is 0 Å². The lowest BCUT2D eigenvalue weighted by molar-refractivity contribution is 0.671. The van der Waals surface area contributed by atoms with Gasteiger partial charge >= 0.3 is 0 Å². The van der Waals surface area contributed by atoms with Gasteiger partial charge in [0.2, 0.25) is 0 Å². The van der Waals surface area contributed by atoms with Crippen LogP contribution in [0.5, 0.6) is 0 Å². The van der Waals surface area contributed by atoms with E-state index in [1.54, 1.807) is 0 Å². The van der Waals surface area contributed by atoms with E-state index in [0.717, 1.165) is 0 Å². The fourth-order valence-electron chi connectivity index (χ4n) is 1.97. The van der Waals surface area contributed by atoms with E-state index in [0.29, 0.717) is 5.92 Å². The Morgan fingerprint density at radius 2 is 2.07 bits per heavy atom. The quantitative estimate of drug-likeness (QED) is 0.673. The van der Waals surface area contributed by atoms with Crippen LogP contribution in [0.25, 0.3) is 10.1 Å². The Bertz CT molecular complexity index is 414. The van der Waals surface area contributed by atoms with Crippen molar-refractivity contribution < 1.29 is 0 Å². The van der Waals surface area contributed by atoms with Gasteiger partial charge in [0.05, 0.1) is 0 Å². The van der Waals surface area contributed by atoms with Gasteiger partial charge in [-0.25, -0.2) is 0 Å². The van der Waals surface area contributed by atoms with Crippen LogP contribution in [-0.2, 0) is 0 Å². The van der Waals surface area contributed by atoms with Crippen LogP contribution in [0.1, 0.15) is 38.2 Å². The lowest BCUT2D eigenvalue weighted by Gasteiger charge is -2.08. The summed E-state index contributed by atoms with van der Waals surface area (Å²) in [5.74, 6) is 0.705. The van der Waals surface area contributed by atoms with Crippen LogP contribution >= 0.6 is 11.3 Å². The van der Waals surface area contributed by atoms with Crippen LogP contribution in [-0.4, -0.2) is 0 Å². The SMILES string of the molecule is CCCC(C)c1csc2ccccc12. The van der Waals surface area contributed by atoms with Crippen molar-refractivity contribution in [3.05, 3.63) is 35.2 Å². The van der Waals surface area contributed by atoms with E-state index in [1.807, 2.05) is 11.3 Å². The molecule has 0 radical (unpaired) electrons. The Kier molecular flexibility index (Phi) is 2.87. The molecule has 0 N–H and O–H groups in total. The van der Waals surface area contributed by atoms with E-state index in [4.69, 9.17) is 0 Å². The molecule has 1 atom stereocenters. The maximum absolute atomic E-state index is 2.33. The van der Waals surface area contributed by atoms with Crippen molar-refractivity contribution >= 4 is 21.4 Å². The molecule has 0 bridgehead atoms. The molecule has 2 rings (SSSR count). The van der Waals surface area contributed by atoms with Crippen LogP contribution < -0.4 is 0 Å². The summed E-state index contributed by atoms with van der Waals surface area (Å²) < 4.78 is 1.42. The van der Waals surface area contributed by atoms with E-state index in [1.165, 1.54) is 28.5 Å². The minimum atomic E-state index is 0.705. The number of hydrogen-bond donors (Lipinski definition) is 0. The first-order valence-electron chi connectivity index (χ1n) is 5.29. The number of thiophene rings is 1. The van der Waals surface area contributed by atoms with Crippen LogP contribution in [0, 0.1) is 0 Å². The van der Waals surface area contributed by atoms with Gasteiger partial charge in [-0.3, -0.25) is 0 Å². The average Bonchev–Trinajstić information content (AvgIpc) is 2.61. The zero-order valence-corrected chi connectivity index (χ0v) is 9.60. The number of benzene rings is 1. The van der Waals surface area contributed by atoms with E-state index in [-0.39, 0.29) is 0 Å². The average molecular weight is 204 g/mol. The molecule has 0 fully saturated rings. The number of rotatable bonds is 3. The Morgan fingerprint density at radius 3 is 2.86 bits per heavy atom. The second-order valence-electron chi connectivity index (χ2n) is 3.88. The van der Waals surface area contributed by atoms with Gasteiger partial charge in [-0.15, -0.1) is 11.3 Å². The van der Waals surface area contributed by atoms with Crippen molar-refractivity contribution in [2.75, 3.05) is 0 Å². The third-order valence-electron chi connectivity index (χ3n) is 2.76. The van der Waals surface area contributed by atoms with E-state index >= 15 is 0 Å². The summed E-state index contributed by atoms with van der Waals surface area (Å²) in [6.07, 6.45) is 2.56. The summed E-state index contributed by atoms with van der Waals surface area (Å²) >= 11 is 1.87. The molecule has 1 aromatic carbocycles. The molecule has 74 valence electrons. The molecule has 0 saturated heterocycles. The smallest absolute Gasteiger partial charge is 0.0345 e. The maximum atomic E-state index is 2.33. The minimum absolute atomic E-state index is 0.705. The van der Waals surface area contributed by atoms with Crippen molar-refractivity contribution in [2.45, 2.75) is 32.6 Å². The first-order chi connectivity index (χ1) is 6.83. The molecular formula is C13H16S. The van der Waals surface area contributed by atoms with E-state index in [2.05, 4.69) is 43.5 Å². The molecule has 1 heterocycles. The van der Waals surface area contributed by atoms with Gasteiger partial charge in [0.25, 0.3) is 0 Å². The van der Waals surface area contributed by atoms with Gasteiger partial charge in [0, 0.05) is 4.70 Å². The molecule has 1 heteroatoms. The summed E-state index contributed by atoms with van der Waals surface area (Å²) in [6.45, 7) is 4.59. The Labute approximate surface area is 89.6 Å². The molecule has 0 spiro atoms. The van der Waals surface area contributed by atoms with Gasteiger partial charge < -0.3 is 0 Å². The van der Waals surface area contributed by atoms with Gasteiger partial charge in [-0.1, -0.05) is 38.5 Å². The highest BCUT2D eigenvalue weighted by Gasteiger charge is 2.09. The van der Waals surface area contributed by atoms with Crippen LogP contribution in [0.3, 0.4) is 0 Å². The largest absolute Gasteiger partial charge is 0.144 e. The molecule has 1 aromatic heterocycles. The third-order valence-corrected chi connectivity index (χ3v) is 3.75. The van der Waals surface area contributed by atoms with Crippen LogP contribution in [0.15, 0.2) is 29.6 Å². The topological polar surface area (TPSA) is 0 Å². The molecule has 0 amide bonds. The molecule has 14 heavy (non-hydrogen) atoms. The fourth-order valence-corrected chi connectivity index (χ4v) is 3.05. The Morgan fingerprint density at radius 1 is 1.29 bits per heavy atom. The highest BCUT2D eigenvalue weighted by molar-refractivity contribution is 7.17. The predicted octanol–water partition coefficient (Wildman–Crippen LogP) is 4.80. The summed E-state index contributed by atoms with van der Waals surface area (Å²) in [5.41, 5.74) is 1.53. The highest BCUT2D eigenvalue weighted by Crippen LogP contribution is 2.32. The molecule has 1 unspecified atom stereocenters. The standard InChI is InChI=1S/C13H16S/c1-3-6-10(2)12-9-14-13-8-5-4-7-11(12)13/h4-5,7-10H,3,6H2,1-2H3. The summed E-state index contributed by atoms with van der Waals surface area (Å²) in [6, 6.07) is 8.71. The number of hydrogen-bond acceptors (Lipinski definition) is 1. The zero-order chi connectivity index (χ0) is 9.97. The first-order valence-corrected chi connectivity index (χ1v) is 6.17. The lowest BCUT2D eigenvalue weighted by Crippen LogP contribution is -1.90. The monoisotopic (exact) mass is 204 g/mol. The van der Waals surface area contributed by atoms with Crippen LogP contribution in [0.2, 0.25) is 0 Å². The van der Waals surface area contributed by atoms with Crippen LogP contribution in [0.4, 0.5) is 0 Å². The van der Waals surface area contributed by atoms with Gasteiger partial charge in [0.1, 0.15) is 0 Å². The molecule has 0 saturated carbocycles. The zero-order valence-electron chi connectivity index (χ0n) is 8.79. The normalized spacial score (nSPS) is 13.3. The summed E-state index contributed by atoms with van der Waals surface area (Å²) in [5, 5.41) is 3.78. The number of fused-ring (bicyclic) bond motifs is 1. The van der Waals surface area contributed by atoms with Gasteiger partial charge in [0.15, 0.2) is 0 Å². The third kappa shape index (κ3) is 1.69. The van der Waals surface area contributed by atoms with Gasteiger partial charge in [-0.05, 0) is 34.7 Å².